The third-order valence-electron chi connectivity index (χ3n) is 1.19. The first-order valence-electron chi connectivity index (χ1n) is 2.95. The Morgan fingerprint density at radius 2 is 2.17 bits per heavy atom. The predicted octanol–water partition coefficient (Wildman–Crippen LogP) is 2.27. The van der Waals surface area contributed by atoms with Crippen LogP contribution in [-0.2, 0) is 0 Å². The van der Waals surface area contributed by atoms with Gasteiger partial charge < -0.3 is 0 Å². The molecule has 3 nitrogen and oxygen atoms in total. The average molecular weight is 268 g/mol. The lowest BCUT2D eigenvalue weighted by atomic mass is 10.3. The molecule has 0 N–H and O–H groups in total. The van der Waals surface area contributed by atoms with Gasteiger partial charge in [0.2, 0.25) is 5.12 Å². The highest BCUT2D eigenvalue weighted by atomic mass is 79.9. The average Bonchev–Trinajstić information content (AvgIpc) is 1.96. The van der Waals surface area contributed by atoms with E-state index in [1.807, 2.05) is 0 Å². The summed E-state index contributed by atoms with van der Waals surface area (Å²) in [5.41, 5.74) is 0.676. The lowest BCUT2D eigenvalue weighted by molar-refractivity contribution is 0.108. The van der Waals surface area contributed by atoms with Crippen molar-refractivity contribution in [2.75, 3.05) is 0 Å². The number of hydrogen-bond donors (Lipinski definition) is 1. The predicted molar refractivity (Wildman–Crippen MR) is 52.8 cm³/mol. The van der Waals surface area contributed by atoms with Crippen LogP contribution < -0.4 is 0 Å². The minimum atomic E-state index is -0.466. The summed E-state index contributed by atoms with van der Waals surface area (Å²) in [7, 11) is 0. The summed E-state index contributed by atoms with van der Waals surface area (Å²) in [6, 6.07) is 0. The first-order chi connectivity index (χ1) is 5.52. The number of thiol groups is 1. The van der Waals surface area contributed by atoms with Crippen LogP contribution in [0, 0.1) is 6.92 Å². The van der Waals surface area contributed by atoms with Crippen LogP contribution in [0.15, 0.2) is 4.73 Å². The Kier molecular flexibility index (Phi) is 3.09. The topological polar surface area (TPSA) is 42.9 Å². The van der Waals surface area contributed by atoms with Crippen LogP contribution in [-0.4, -0.2) is 15.1 Å². The number of hydrogen-bond acceptors (Lipinski definition) is 3. The number of rotatable bonds is 1. The molecule has 1 rings (SSSR count). The molecule has 1 aromatic heterocycles. The number of carbonyl (C=O) groups is 1. The van der Waals surface area contributed by atoms with Crippen molar-refractivity contribution < 1.29 is 4.79 Å². The van der Waals surface area contributed by atoms with E-state index in [1.165, 1.54) is 0 Å². The molecule has 0 aliphatic rings. The highest BCUT2D eigenvalue weighted by molar-refractivity contribution is 9.10. The van der Waals surface area contributed by atoms with Gasteiger partial charge in [-0.25, -0.2) is 9.97 Å². The van der Waals surface area contributed by atoms with Gasteiger partial charge in [0.15, 0.2) is 4.73 Å². The number of halogens is 2. The van der Waals surface area contributed by atoms with Crippen molar-refractivity contribution in [3.63, 3.8) is 0 Å². The van der Waals surface area contributed by atoms with E-state index in [1.54, 1.807) is 6.92 Å². The van der Waals surface area contributed by atoms with Gasteiger partial charge >= 0.3 is 0 Å². The summed E-state index contributed by atoms with van der Waals surface area (Å²) in [5.74, 6) is 0. The normalized spacial score (nSPS) is 10.0. The Morgan fingerprint density at radius 3 is 2.67 bits per heavy atom. The van der Waals surface area contributed by atoms with Crippen LogP contribution >= 0.6 is 40.2 Å². The zero-order chi connectivity index (χ0) is 9.30. The van der Waals surface area contributed by atoms with Gasteiger partial charge in [0.25, 0.3) is 0 Å². The number of carbonyl (C=O) groups excluding carboxylic acids is 1. The maximum Gasteiger partial charge on any atom is 0.236 e. The van der Waals surface area contributed by atoms with E-state index < -0.39 is 5.12 Å². The Balaban J connectivity index is 3.37. The molecule has 0 atom stereocenters. The monoisotopic (exact) mass is 266 g/mol. The highest BCUT2D eigenvalue weighted by Crippen LogP contribution is 2.20. The molecule has 0 saturated carbocycles. The van der Waals surface area contributed by atoms with E-state index in [9.17, 15) is 4.79 Å². The second-order valence-corrected chi connectivity index (χ2v) is 3.54. The van der Waals surface area contributed by atoms with E-state index in [0.29, 0.717) is 10.4 Å². The fraction of sp³-hybridized carbons (Fsp3) is 0.167. The van der Waals surface area contributed by atoms with E-state index in [0.717, 1.165) is 0 Å². The SMILES string of the molecule is Cc1nc(Br)nc(C(=O)S)c1Cl. The first-order valence-corrected chi connectivity index (χ1v) is 4.57. The molecule has 12 heavy (non-hydrogen) atoms. The highest BCUT2D eigenvalue weighted by Gasteiger charge is 2.12. The number of aromatic nitrogens is 2. The molecule has 0 unspecified atom stereocenters. The summed E-state index contributed by atoms with van der Waals surface area (Å²) >= 11 is 12.4. The Bertz CT molecular complexity index is 345. The summed E-state index contributed by atoms with van der Waals surface area (Å²) < 4.78 is 0.335. The Labute approximate surface area is 88.1 Å². The van der Waals surface area contributed by atoms with Gasteiger partial charge in [0.1, 0.15) is 5.69 Å². The van der Waals surface area contributed by atoms with Crippen LogP contribution in [0.5, 0.6) is 0 Å². The van der Waals surface area contributed by atoms with E-state index in [2.05, 4.69) is 38.5 Å². The summed E-state index contributed by atoms with van der Waals surface area (Å²) in [6.07, 6.45) is 0. The molecule has 0 bridgehead atoms. The van der Waals surface area contributed by atoms with E-state index >= 15 is 0 Å². The molecule has 0 amide bonds. The number of nitrogens with zero attached hydrogens (tertiary/aromatic N) is 2. The van der Waals surface area contributed by atoms with Crippen molar-refractivity contribution in [2.24, 2.45) is 0 Å². The van der Waals surface area contributed by atoms with Crippen molar-refractivity contribution in [3.8, 4) is 0 Å². The van der Waals surface area contributed by atoms with Crippen LogP contribution in [0.2, 0.25) is 5.02 Å². The molecule has 0 spiro atoms. The molecule has 6 heteroatoms. The molecule has 0 fully saturated rings. The van der Waals surface area contributed by atoms with Crippen molar-refractivity contribution in [2.45, 2.75) is 6.92 Å². The van der Waals surface area contributed by atoms with Crippen LogP contribution in [0.1, 0.15) is 16.2 Å². The zero-order valence-corrected chi connectivity index (χ0v) is 9.24. The maximum absolute atomic E-state index is 10.8. The van der Waals surface area contributed by atoms with Crippen molar-refractivity contribution in [3.05, 3.63) is 21.1 Å². The van der Waals surface area contributed by atoms with Crippen molar-refractivity contribution in [1.82, 2.24) is 9.97 Å². The fourth-order valence-corrected chi connectivity index (χ4v) is 1.51. The van der Waals surface area contributed by atoms with Gasteiger partial charge in [-0.2, -0.15) is 0 Å². The van der Waals surface area contributed by atoms with Gasteiger partial charge in [-0.3, -0.25) is 4.79 Å². The third-order valence-corrected chi connectivity index (χ3v) is 2.21. The summed E-state index contributed by atoms with van der Waals surface area (Å²) in [5, 5.41) is -0.218. The Morgan fingerprint density at radius 1 is 1.58 bits per heavy atom. The summed E-state index contributed by atoms with van der Waals surface area (Å²) in [6.45, 7) is 1.69. The molecule has 0 aliphatic heterocycles. The second-order valence-electron chi connectivity index (χ2n) is 2.05. The molecule has 0 aromatic carbocycles. The molecule has 1 aromatic rings. The second kappa shape index (κ2) is 3.72. The Hall–Kier alpha value is -0.130. The van der Waals surface area contributed by atoms with Gasteiger partial charge in [-0.05, 0) is 22.9 Å². The molecule has 0 saturated heterocycles. The maximum atomic E-state index is 10.8. The minimum Gasteiger partial charge on any atom is -0.280 e. The third kappa shape index (κ3) is 1.97. The quantitative estimate of drug-likeness (QED) is 0.627. The van der Waals surface area contributed by atoms with Gasteiger partial charge in [0.05, 0.1) is 10.7 Å². The molecular formula is C6H4BrClN2OS. The molecule has 0 aliphatic carbocycles. The number of aryl methyl sites for hydroxylation is 1. The van der Waals surface area contributed by atoms with Gasteiger partial charge in [-0.15, -0.1) is 0 Å². The molecular weight excluding hydrogens is 264 g/mol. The van der Waals surface area contributed by atoms with Crippen LogP contribution in [0.25, 0.3) is 0 Å². The molecule has 0 radical (unpaired) electrons. The van der Waals surface area contributed by atoms with Gasteiger partial charge in [-0.1, -0.05) is 24.2 Å². The minimum absolute atomic E-state index is 0.124. The lowest BCUT2D eigenvalue weighted by Gasteiger charge is -2.01. The van der Waals surface area contributed by atoms with Crippen molar-refractivity contribution in [1.29, 1.82) is 0 Å². The van der Waals surface area contributed by atoms with Crippen LogP contribution in [0.4, 0.5) is 0 Å². The molecule has 64 valence electrons. The lowest BCUT2D eigenvalue weighted by Crippen LogP contribution is -2.00. The van der Waals surface area contributed by atoms with Crippen LogP contribution in [0.3, 0.4) is 0 Å². The van der Waals surface area contributed by atoms with E-state index in [-0.39, 0.29) is 10.7 Å². The first kappa shape index (κ1) is 9.95. The van der Waals surface area contributed by atoms with E-state index in [4.69, 9.17) is 11.6 Å². The smallest absolute Gasteiger partial charge is 0.236 e. The standard InChI is InChI=1S/C6H4BrClN2OS/c1-2-3(8)4(5(11)12)10-6(7)9-2/h1H3,(H,11,12). The van der Waals surface area contributed by atoms with Crippen molar-refractivity contribution >= 4 is 45.3 Å². The molecule has 1 heterocycles. The largest absolute Gasteiger partial charge is 0.280 e. The van der Waals surface area contributed by atoms with Gasteiger partial charge in [0, 0.05) is 0 Å². The zero-order valence-electron chi connectivity index (χ0n) is 6.01. The fourth-order valence-electron chi connectivity index (χ4n) is 0.667. The summed E-state index contributed by atoms with van der Waals surface area (Å²) in [4.78, 5) is 18.5.